The lowest BCUT2D eigenvalue weighted by Crippen LogP contribution is -2.26. The van der Waals surface area contributed by atoms with Gasteiger partial charge in [-0.05, 0) is 50.6 Å². The summed E-state index contributed by atoms with van der Waals surface area (Å²) in [5.74, 6) is 1.41. The van der Waals surface area contributed by atoms with Gasteiger partial charge in [-0.15, -0.1) is 12.4 Å². The van der Waals surface area contributed by atoms with Crippen LogP contribution in [0.5, 0.6) is 0 Å². The first-order valence-corrected chi connectivity index (χ1v) is 5.91. The average Bonchev–Trinajstić information content (AvgIpc) is 2.73. The number of piperidine rings is 1. The zero-order valence-corrected chi connectivity index (χ0v) is 10.7. The summed E-state index contributed by atoms with van der Waals surface area (Å²) in [4.78, 5) is 4.60. The Morgan fingerprint density at radius 1 is 1.29 bits per heavy atom. The topological polar surface area (TPSA) is 38.1 Å². The quantitative estimate of drug-likeness (QED) is 0.848. The van der Waals surface area contributed by atoms with Gasteiger partial charge < -0.3 is 9.73 Å². The Hall–Kier alpha value is -1.06. The van der Waals surface area contributed by atoms with E-state index in [4.69, 9.17) is 4.42 Å². The smallest absolute Gasteiger partial charge is 0.198 e. The molecule has 0 atom stereocenters. The fraction of sp³-hybridized carbons (Fsp3) is 0.462. The van der Waals surface area contributed by atoms with Gasteiger partial charge in [0.2, 0.25) is 0 Å². The van der Waals surface area contributed by atoms with E-state index >= 15 is 0 Å². The molecule has 0 saturated carbocycles. The number of benzene rings is 1. The van der Waals surface area contributed by atoms with Crippen LogP contribution in [0.25, 0.3) is 11.1 Å². The van der Waals surface area contributed by atoms with E-state index in [1.165, 1.54) is 5.56 Å². The predicted molar refractivity (Wildman–Crippen MR) is 70.8 cm³/mol. The lowest BCUT2D eigenvalue weighted by atomic mass is 9.98. The number of halogens is 1. The Kier molecular flexibility index (Phi) is 3.69. The van der Waals surface area contributed by atoms with Crippen molar-refractivity contribution in [3.8, 4) is 0 Å². The fourth-order valence-electron chi connectivity index (χ4n) is 2.30. The van der Waals surface area contributed by atoms with Crippen LogP contribution < -0.4 is 5.32 Å². The summed E-state index contributed by atoms with van der Waals surface area (Å²) in [5, 5.41) is 3.36. The SMILES string of the molecule is Cc1ccc2oc(C3CCNCC3)nc2c1.Cl. The molecule has 1 aromatic heterocycles. The van der Waals surface area contributed by atoms with Crippen LogP contribution in [0.2, 0.25) is 0 Å². The van der Waals surface area contributed by atoms with Gasteiger partial charge in [-0.1, -0.05) is 6.07 Å². The van der Waals surface area contributed by atoms with Crippen LogP contribution in [0.15, 0.2) is 22.6 Å². The lowest BCUT2D eigenvalue weighted by molar-refractivity contribution is 0.385. The molecular weight excluding hydrogens is 236 g/mol. The molecule has 2 heterocycles. The average molecular weight is 253 g/mol. The van der Waals surface area contributed by atoms with Gasteiger partial charge in [0.15, 0.2) is 11.5 Å². The minimum absolute atomic E-state index is 0. The van der Waals surface area contributed by atoms with Gasteiger partial charge in [0.05, 0.1) is 0 Å². The van der Waals surface area contributed by atoms with E-state index in [1.54, 1.807) is 0 Å². The minimum Gasteiger partial charge on any atom is -0.440 e. The van der Waals surface area contributed by atoms with Crippen LogP contribution in [0.1, 0.15) is 30.2 Å². The summed E-state index contributed by atoms with van der Waals surface area (Å²) in [6.07, 6.45) is 2.26. The molecule has 0 unspecified atom stereocenters. The van der Waals surface area contributed by atoms with Gasteiger partial charge in [0, 0.05) is 5.92 Å². The highest BCUT2D eigenvalue weighted by Crippen LogP contribution is 2.27. The zero-order chi connectivity index (χ0) is 11.0. The predicted octanol–water partition coefficient (Wildman–Crippen LogP) is 3.03. The minimum atomic E-state index is 0. The molecule has 4 heteroatoms. The van der Waals surface area contributed by atoms with Crippen molar-refractivity contribution < 1.29 is 4.42 Å². The number of oxazole rings is 1. The van der Waals surface area contributed by atoms with Crippen LogP contribution in [-0.4, -0.2) is 18.1 Å². The van der Waals surface area contributed by atoms with Crippen LogP contribution in [-0.2, 0) is 0 Å². The third-order valence-electron chi connectivity index (χ3n) is 3.25. The first-order valence-electron chi connectivity index (χ1n) is 5.91. The molecule has 92 valence electrons. The number of hydrogen-bond donors (Lipinski definition) is 1. The molecule has 2 aromatic rings. The normalized spacial score (nSPS) is 17.0. The lowest BCUT2D eigenvalue weighted by Gasteiger charge is -2.19. The highest BCUT2D eigenvalue weighted by Gasteiger charge is 2.20. The second-order valence-electron chi connectivity index (χ2n) is 4.55. The molecule has 17 heavy (non-hydrogen) atoms. The van der Waals surface area contributed by atoms with Crippen LogP contribution in [0.3, 0.4) is 0 Å². The van der Waals surface area contributed by atoms with Crippen molar-refractivity contribution in [2.24, 2.45) is 0 Å². The van der Waals surface area contributed by atoms with Crippen molar-refractivity contribution in [3.63, 3.8) is 0 Å². The number of fused-ring (bicyclic) bond motifs is 1. The van der Waals surface area contributed by atoms with Gasteiger partial charge in [-0.3, -0.25) is 0 Å². The number of rotatable bonds is 1. The number of aryl methyl sites for hydroxylation is 1. The van der Waals surface area contributed by atoms with E-state index in [9.17, 15) is 0 Å². The maximum absolute atomic E-state index is 5.82. The van der Waals surface area contributed by atoms with E-state index < -0.39 is 0 Å². The molecule has 0 aliphatic carbocycles. The molecule has 0 bridgehead atoms. The third-order valence-corrected chi connectivity index (χ3v) is 3.25. The number of aromatic nitrogens is 1. The summed E-state index contributed by atoms with van der Waals surface area (Å²) >= 11 is 0. The van der Waals surface area contributed by atoms with Gasteiger partial charge in [0.1, 0.15) is 5.52 Å². The number of nitrogens with zero attached hydrogens (tertiary/aromatic N) is 1. The van der Waals surface area contributed by atoms with E-state index in [0.717, 1.165) is 42.9 Å². The Labute approximate surface area is 107 Å². The molecule has 1 fully saturated rings. The molecule has 1 N–H and O–H groups in total. The molecule has 1 aliphatic heterocycles. The third kappa shape index (κ3) is 2.45. The largest absolute Gasteiger partial charge is 0.440 e. The molecule has 1 aromatic carbocycles. The van der Waals surface area contributed by atoms with Crippen LogP contribution >= 0.6 is 12.4 Å². The molecule has 0 amide bonds. The molecule has 1 saturated heterocycles. The first kappa shape index (κ1) is 12.4. The Morgan fingerprint density at radius 2 is 2.06 bits per heavy atom. The summed E-state index contributed by atoms with van der Waals surface area (Å²) in [5.41, 5.74) is 3.14. The standard InChI is InChI=1S/C13H16N2O.ClH/c1-9-2-3-12-11(8-9)15-13(16-12)10-4-6-14-7-5-10;/h2-3,8,10,14H,4-7H2,1H3;1H. The van der Waals surface area contributed by atoms with Gasteiger partial charge in [-0.2, -0.15) is 0 Å². The maximum Gasteiger partial charge on any atom is 0.198 e. The van der Waals surface area contributed by atoms with E-state index in [1.807, 2.05) is 6.07 Å². The number of nitrogens with one attached hydrogen (secondary N) is 1. The van der Waals surface area contributed by atoms with E-state index in [-0.39, 0.29) is 12.4 Å². The monoisotopic (exact) mass is 252 g/mol. The summed E-state index contributed by atoms with van der Waals surface area (Å²) in [6.45, 7) is 4.23. The Morgan fingerprint density at radius 3 is 2.82 bits per heavy atom. The Bertz CT molecular complexity index is 503. The van der Waals surface area contributed by atoms with Crippen LogP contribution in [0, 0.1) is 6.92 Å². The van der Waals surface area contributed by atoms with Gasteiger partial charge >= 0.3 is 0 Å². The zero-order valence-electron chi connectivity index (χ0n) is 9.90. The van der Waals surface area contributed by atoms with Crippen molar-refractivity contribution in [1.29, 1.82) is 0 Å². The second kappa shape index (κ2) is 5.07. The first-order chi connectivity index (χ1) is 7.83. The van der Waals surface area contributed by atoms with Crippen molar-refractivity contribution >= 4 is 23.5 Å². The van der Waals surface area contributed by atoms with Crippen molar-refractivity contribution in [1.82, 2.24) is 10.3 Å². The highest BCUT2D eigenvalue weighted by atomic mass is 35.5. The summed E-state index contributed by atoms with van der Waals surface area (Å²) in [7, 11) is 0. The summed E-state index contributed by atoms with van der Waals surface area (Å²) < 4.78 is 5.82. The van der Waals surface area contributed by atoms with Gasteiger partial charge in [0.25, 0.3) is 0 Å². The Balaban J connectivity index is 0.00000108. The highest BCUT2D eigenvalue weighted by molar-refractivity contribution is 5.85. The fourth-order valence-corrected chi connectivity index (χ4v) is 2.30. The van der Waals surface area contributed by atoms with E-state index in [0.29, 0.717) is 5.92 Å². The molecule has 1 aliphatic rings. The van der Waals surface area contributed by atoms with Crippen molar-refractivity contribution in [3.05, 3.63) is 29.7 Å². The molecule has 0 radical (unpaired) electrons. The second-order valence-corrected chi connectivity index (χ2v) is 4.55. The number of hydrogen-bond acceptors (Lipinski definition) is 3. The van der Waals surface area contributed by atoms with Gasteiger partial charge in [-0.25, -0.2) is 4.98 Å². The van der Waals surface area contributed by atoms with Crippen molar-refractivity contribution in [2.75, 3.05) is 13.1 Å². The molecular formula is C13H17ClN2O. The maximum atomic E-state index is 5.82. The molecule has 3 rings (SSSR count). The van der Waals surface area contributed by atoms with E-state index in [2.05, 4.69) is 29.4 Å². The van der Waals surface area contributed by atoms with Crippen LogP contribution in [0.4, 0.5) is 0 Å². The molecule has 0 spiro atoms. The molecule has 3 nitrogen and oxygen atoms in total. The van der Waals surface area contributed by atoms with Crippen molar-refractivity contribution in [2.45, 2.75) is 25.7 Å². The summed E-state index contributed by atoms with van der Waals surface area (Å²) in [6, 6.07) is 6.17.